The summed E-state index contributed by atoms with van der Waals surface area (Å²) >= 11 is 0. The molecule has 1 aliphatic rings. The van der Waals surface area contributed by atoms with E-state index in [9.17, 15) is 18.0 Å². The third-order valence-electron chi connectivity index (χ3n) is 2.22. The Hall–Kier alpha value is -0.780. The molecule has 6 heteroatoms. The lowest BCUT2D eigenvalue weighted by molar-refractivity contribution is -0.206. The zero-order chi connectivity index (χ0) is 10.8. The van der Waals surface area contributed by atoms with E-state index >= 15 is 0 Å². The molecule has 0 aromatic carbocycles. The van der Waals surface area contributed by atoms with Gasteiger partial charge in [-0.05, 0) is 25.7 Å². The first kappa shape index (κ1) is 11.3. The maximum atomic E-state index is 11.8. The van der Waals surface area contributed by atoms with E-state index in [0.29, 0.717) is 25.7 Å². The van der Waals surface area contributed by atoms with Gasteiger partial charge in [0.1, 0.15) is 6.10 Å². The Kier molecular flexibility index (Phi) is 3.36. The number of nitrogens with two attached hydrogens (primary N) is 1. The summed E-state index contributed by atoms with van der Waals surface area (Å²) in [6.07, 6.45) is -3.46. The molecule has 0 heterocycles. The molecule has 0 aromatic rings. The molecule has 0 bridgehead atoms. The molecule has 0 spiro atoms. The van der Waals surface area contributed by atoms with E-state index in [4.69, 9.17) is 5.73 Å². The molecule has 0 atom stereocenters. The van der Waals surface area contributed by atoms with E-state index in [-0.39, 0.29) is 6.04 Å². The molecule has 0 aromatic heterocycles. The summed E-state index contributed by atoms with van der Waals surface area (Å²) in [4.78, 5) is 10.4. The van der Waals surface area contributed by atoms with Crippen molar-refractivity contribution in [2.24, 2.45) is 5.73 Å². The molecule has 1 aliphatic carbocycles. The van der Waals surface area contributed by atoms with E-state index in [1.165, 1.54) is 0 Å². The Morgan fingerprint density at radius 3 is 2.14 bits per heavy atom. The van der Waals surface area contributed by atoms with Crippen molar-refractivity contribution >= 4 is 5.97 Å². The van der Waals surface area contributed by atoms with Crippen LogP contribution in [0.3, 0.4) is 0 Å². The van der Waals surface area contributed by atoms with E-state index in [1.807, 2.05) is 0 Å². The number of hydrogen-bond donors (Lipinski definition) is 1. The zero-order valence-electron chi connectivity index (χ0n) is 7.51. The van der Waals surface area contributed by atoms with Gasteiger partial charge in [-0.2, -0.15) is 13.2 Å². The van der Waals surface area contributed by atoms with Crippen molar-refractivity contribution in [3.8, 4) is 0 Å². The second-order valence-corrected chi connectivity index (χ2v) is 3.44. The SMILES string of the molecule is NC1CCC(OC(=O)C(F)(F)F)CC1. The van der Waals surface area contributed by atoms with E-state index < -0.39 is 18.2 Å². The summed E-state index contributed by atoms with van der Waals surface area (Å²) in [7, 11) is 0. The highest BCUT2D eigenvalue weighted by molar-refractivity contribution is 5.75. The summed E-state index contributed by atoms with van der Waals surface area (Å²) in [5.41, 5.74) is 5.55. The van der Waals surface area contributed by atoms with Gasteiger partial charge >= 0.3 is 12.1 Å². The maximum Gasteiger partial charge on any atom is 0.490 e. The van der Waals surface area contributed by atoms with Gasteiger partial charge < -0.3 is 10.5 Å². The summed E-state index contributed by atoms with van der Waals surface area (Å²) in [5.74, 6) is -2.10. The van der Waals surface area contributed by atoms with Crippen LogP contribution in [0.5, 0.6) is 0 Å². The molecule has 0 aliphatic heterocycles. The van der Waals surface area contributed by atoms with Gasteiger partial charge in [-0.15, -0.1) is 0 Å². The lowest BCUT2D eigenvalue weighted by Crippen LogP contribution is -2.35. The minimum absolute atomic E-state index is 0.0239. The maximum absolute atomic E-state index is 11.8. The average molecular weight is 211 g/mol. The van der Waals surface area contributed by atoms with Crippen molar-refractivity contribution in [2.45, 2.75) is 44.0 Å². The van der Waals surface area contributed by atoms with Gasteiger partial charge in [0.05, 0.1) is 0 Å². The van der Waals surface area contributed by atoms with Gasteiger partial charge in [-0.1, -0.05) is 0 Å². The van der Waals surface area contributed by atoms with Gasteiger partial charge in [-0.25, -0.2) is 4.79 Å². The highest BCUT2D eigenvalue weighted by atomic mass is 19.4. The number of halogens is 3. The fraction of sp³-hybridized carbons (Fsp3) is 0.875. The van der Waals surface area contributed by atoms with Crippen LogP contribution in [0.4, 0.5) is 13.2 Å². The second kappa shape index (κ2) is 4.16. The molecule has 3 nitrogen and oxygen atoms in total. The van der Waals surface area contributed by atoms with Gasteiger partial charge in [0, 0.05) is 6.04 Å². The predicted octanol–water partition coefficient (Wildman–Crippen LogP) is 1.36. The van der Waals surface area contributed by atoms with Gasteiger partial charge in [-0.3, -0.25) is 0 Å². The van der Waals surface area contributed by atoms with Crippen LogP contribution in [0.1, 0.15) is 25.7 Å². The van der Waals surface area contributed by atoms with E-state index in [1.54, 1.807) is 0 Å². The molecule has 2 N–H and O–H groups in total. The van der Waals surface area contributed by atoms with E-state index in [2.05, 4.69) is 4.74 Å². The average Bonchev–Trinajstić information content (AvgIpc) is 2.07. The Morgan fingerprint density at radius 2 is 1.71 bits per heavy atom. The Labute approximate surface area is 79.4 Å². The minimum Gasteiger partial charge on any atom is -0.456 e. The fourth-order valence-corrected chi connectivity index (χ4v) is 1.42. The second-order valence-electron chi connectivity index (χ2n) is 3.44. The first-order chi connectivity index (χ1) is 6.39. The van der Waals surface area contributed by atoms with Gasteiger partial charge in [0.25, 0.3) is 0 Å². The molecule has 1 saturated carbocycles. The molecule has 1 rings (SSSR count). The number of ether oxygens (including phenoxy) is 1. The minimum atomic E-state index is -4.89. The first-order valence-electron chi connectivity index (χ1n) is 4.43. The Morgan fingerprint density at radius 1 is 1.21 bits per heavy atom. The zero-order valence-corrected chi connectivity index (χ0v) is 7.51. The summed E-state index contributed by atoms with van der Waals surface area (Å²) < 4.78 is 39.6. The molecule has 0 amide bonds. The molecule has 0 unspecified atom stereocenters. The smallest absolute Gasteiger partial charge is 0.456 e. The summed E-state index contributed by atoms with van der Waals surface area (Å²) in [6, 6.07) is 0.0239. The van der Waals surface area contributed by atoms with Crippen LogP contribution in [0.15, 0.2) is 0 Å². The molecular weight excluding hydrogens is 199 g/mol. The highest BCUT2D eigenvalue weighted by Gasteiger charge is 2.42. The fourth-order valence-electron chi connectivity index (χ4n) is 1.42. The third-order valence-corrected chi connectivity index (χ3v) is 2.22. The Bertz CT molecular complexity index is 209. The van der Waals surface area contributed by atoms with Crippen LogP contribution in [0.25, 0.3) is 0 Å². The van der Waals surface area contributed by atoms with Crippen molar-refractivity contribution < 1.29 is 22.7 Å². The number of carbonyl (C=O) groups is 1. The third kappa shape index (κ3) is 3.17. The monoisotopic (exact) mass is 211 g/mol. The first-order valence-corrected chi connectivity index (χ1v) is 4.43. The van der Waals surface area contributed by atoms with Crippen LogP contribution >= 0.6 is 0 Å². The van der Waals surface area contributed by atoms with Crippen molar-refractivity contribution in [3.63, 3.8) is 0 Å². The largest absolute Gasteiger partial charge is 0.490 e. The molecule has 0 saturated heterocycles. The molecule has 82 valence electrons. The molecule has 14 heavy (non-hydrogen) atoms. The van der Waals surface area contributed by atoms with Gasteiger partial charge in [0.15, 0.2) is 0 Å². The highest BCUT2D eigenvalue weighted by Crippen LogP contribution is 2.24. The van der Waals surface area contributed by atoms with Crippen molar-refractivity contribution in [3.05, 3.63) is 0 Å². The van der Waals surface area contributed by atoms with Crippen LogP contribution < -0.4 is 5.73 Å². The van der Waals surface area contributed by atoms with Crippen molar-refractivity contribution in [1.29, 1.82) is 0 Å². The van der Waals surface area contributed by atoms with Crippen LogP contribution in [0.2, 0.25) is 0 Å². The van der Waals surface area contributed by atoms with Crippen molar-refractivity contribution in [1.82, 2.24) is 0 Å². The van der Waals surface area contributed by atoms with Crippen LogP contribution in [0, 0.1) is 0 Å². The normalized spacial score (nSPS) is 28.6. The lowest BCUT2D eigenvalue weighted by atomic mass is 9.94. The number of esters is 1. The Balaban J connectivity index is 2.35. The van der Waals surface area contributed by atoms with Crippen molar-refractivity contribution in [2.75, 3.05) is 0 Å². The number of hydrogen-bond acceptors (Lipinski definition) is 3. The molecule has 1 fully saturated rings. The molecule has 0 radical (unpaired) electrons. The predicted molar refractivity (Wildman–Crippen MR) is 42.4 cm³/mol. The van der Waals surface area contributed by atoms with Crippen LogP contribution in [-0.4, -0.2) is 24.3 Å². The molecular formula is C8H12F3NO2. The lowest BCUT2D eigenvalue weighted by Gasteiger charge is -2.26. The summed E-state index contributed by atoms with van der Waals surface area (Å²) in [5, 5.41) is 0. The number of carbonyl (C=O) groups excluding carboxylic acids is 1. The van der Waals surface area contributed by atoms with Crippen LogP contribution in [-0.2, 0) is 9.53 Å². The number of alkyl halides is 3. The standard InChI is InChI=1S/C8H12F3NO2/c9-8(10,11)7(13)14-6-3-1-5(12)2-4-6/h5-6H,1-4,12H2. The topological polar surface area (TPSA) is 52.3 Å². The quantitative estimate of drug-likeness (QED) is 0.666. The van der Waals surface area contributed by atoms with Gasteiger partial charge in [0.2, 0.25) is 0 Å². The van der Waals surface area contributed by atoms with E-state index in [0.717, 1.165) is 0 Å². The number of rotatable bonds is 1. The summed E-state index contributed by atoms with van der Waals surface area (Å²) in [6.45, 7) is 0.